The van der Waals surface area contributed by atoms with Crippen molar-refractivity contribution >= 4 is 11.6 Å². The molecule has 17 heavy (non-hydrogen) atoms. The van der Waals surface area contributed by atoms with Gasteiger partial charge in [0.25, 0.3) is 5.56 Å². The Morgan fingerprint density at radius 1 is 1.24 bits per heavy atom. The molecule has 0 aliphatic heterocycles. The van der Waals surface area contributed by atoms with Crippen LogP contribution in [0.4, 0.5) is 0 Å². The Morgan fingerprint density at radius 2 is 2.00 bits per heavy atom. The molecule has 2 nitrogen and oxygen atoms in total. The van der Waals surface area contributed by atoms with Crippen molar-refractivity contribution < 1.29 is 0 Å². The molecule has 0 aromatic carbocycles. The van der Waals surface area contributed by atoms with Crippen molar-refractivity contribution in [1.82, 2.24) is 4.57 Å². The Labute approximate surface area is 107 Å². The van der Waals surface area contributed by atoms with E-state index in [1.807, 2.05) is 6.07 Å². The zero-order valence-electron chi connectivity index (χ0n) is 10.0. The van der Waals surface area contributed by atoms with Gasteiger partial charge in [-0.05, 0) is 43.7 Å². The van der Waals surface area contributed by atoms with Gasteiger partial charge in [-0.2, -0.15) is 0 Å². The van der Waals surface area contributed by atoms with Crippen LogP contribution in [0.25, 0.3) is 0 Å². The van der Waals surface area contributed by atoms with E-state index in [1.54, 1.807) is 0 Å². The summed E-state index contributed by atoms with van der Waals surface area (Å²) in [5.41, 5.74) is 3.63. The van der Waals surface area contributed by atoms with Crippen LogP contribution in [0, 0.1) is 0 Å². The predicted octanol–water partition coefficient (Wildman–Crippen LogP) is 3.19. The highest BCUT2D eigenvalue weighted by molar-refractivity contribution is 6.17. The van der Waals surface area contributed by atoms with Gasteiger partial charge in [-0.15, -0.1) is 11.6 Å². The molecule has 0 N–H and O–H groups in total. The number of fused-ring (bicyclic) bond motifs is 1. The third-order valence-electron chi connectivity index (χ3n) is 4.20. The second kappa shape index (κ2) is 4.49. The number of halogens is 1. The fraction of sp³-hybridized carbons (Fsp3) is 0.643. The van der Waals surface area contributed by atoms with Crippen LogP contribution in [-0.2, 0) is 18.7 Å². The first kappa shape index (κ1) is 11.3. The first-order valence-electron chi connectivity index (χ1n) is 6.63. The number of pyridine rings is 1. The number of aryl methyl sites for hydroxylation is 1. The number of hydrogen-bond acceptors (Lipinski definition) is 1. The van der Waals surface area contributed by atoms with E-state index in [2.05, 4.69) is 4.57 Å². The normalized spacial score (nSPS) is 19.8. The summed E-state index contributed by atoms with van der Waals surface area (Å²) in [6, 6.07) is 2.49. The Kier molecular flexibility index (Phi) is 2.99. The molecular formula is C14H18ClNO. The molecule has 0 spiro atoms. The minimum Gasteiger partial charge on any atom is -0.309 e. The molecule has 1 aromatic rings. The summed E-state index contributed by atoms with van der Waals surface area (Å²) in [5.74, 6) is 0.346. The first-order chi connectivity index (χ1) is 8.31. The van der Waals surface area contributed by atoms with Crippen LogP contribution in [0.15, 0.2) is 10.9 Å². The highest BCUT2D eigenvalue weighted by atomic mass is 35.5. The molecule has 1 saturated carbocycles. The van der Waals surface area contributed by atoms with Gasteiger partial charge in [0.05, 0.1) is 5.88 Å². The lowest BCUT2D eigenvalue weighted by atomic mass is 10.1. The zero-order chi connectivity index (χ0) is 11.8. The van der Waals surface area contributed by atoms with Crippen molar-refractivity contribution in [2.24, 2.45) is 0 Å². The van der Waals surface area contributed by atoms with E-state index in [-0.39, 0.29) is 5.56 Å². The second-order valence-electron chi connectivity index (χ2n) is 5.24. The van der Waals surface area contributed by atoms with E-state index in [9.17, 15) is 4.79 Å². The van der Waals surface area contributed by atoms with Crippen LogP contribution >= 0.6 is 11.6 Å². The highest BCUT2D eigenvalue weighted by Gasteiger charge is 2.25. The molecule has 92 valence electrons. The number of aromatic nitrogens is 1. The van der Waals surface area contributed by atoms with Crippen LogP contribution in [0.3, 0.4) is 0 Å². The molecule has 1 fully saturated rings. The largest absolute Gasteiger partial charge is 0.309 e. The zero-order valence-corrected chi connectivity index (χ0v) is 10.8. The second-order valence-corrected chi connectivity index (χ2v) is 5.51. The van der Waals surface area contributed by atoms with Gasteiger partial charge in [-0.25, -0.2) is 0 Å². The molecule has 0 radical (unpaired) electrons. The maximum Gasteiger partial charge on any atom is 0.255 e. The van der Waals surface area contributed by atoms with Gasteiger partial charge in [-0.3, -0.25) is 4.79 Å². The number of nitrogens with zero attached hydrogens (tertiary/aromatic N) is 1. The van der Waals surface area contributed by atoms with Crippen molar-refractivity contribution in [1.29, 1.82) is 0 Å². The van der Waals surface area contributed by atoms with Crippen LogP contribution < -0.4 is 5.56 Å². The van der Waals surface area contributed by atoms with Gasteiger partial charge in [-0.1, -0.05) is 12.8 Å². The summed E-state index contributed by atoms with van der Waals surface area (Å²) < 4.78 is 2.09. The first-order valence-corrected chi connectivity index (χ1v) is 7.17. The lowest BCUT2D eigenvalue weighted by molar-refractivity contribution is 0.483. The summed E-state index contributed by atoms with van der Waals surface area (Å²) in [6.07, 6.45) is 8.23. The smallest absolute Gasteiger partial charge is 0.255 e. The van der Waals surface area contributed by atoms with Gasteiger partial charge in [0, 0.05) is 17.3 Å². The van der Waals surface area contributed by atoms with Crippen molar-refractivity contribution in [2.75, 3.05) is 0 Å². The quantitative estimate of drug-likeness (QED) is 0.740. The molecule has 3 rings (SSSR count). The predicted molar refractivity (Wildman–Crippen MR) is 69.8 cm³/mol. The monoisotopic (exact) mass is 251 g/mol. The molecule has 0 amide bonds. The maximum absolute atomic E-state index is 12.4. The summed E-state index contributed by atoms with van der Waals surface area (Å²) in [5, 5.41) is 0. The third-order valence-corrected chi connectivity index (χ3v) is 4.48. The average molecular weight is 252 g/mol. The van der Waals surface area contributed by atoms with E-state index in [1.165, 1.54) is 30.5 Å². The van der Waals surface area contributed by atoms with Gasteiger partial charge in [0.15, 0.2) is 0 Å². The lowest BCUT2D eigenvalue weighted by Crippen LogP contribution is -2.29. The fourth-order valence-corrected chi connectivity index (χ4v) is 3.57. The topological polar surface area (TPSA) is 22.0 Å². The summed E-state index contributed by atoms with van der Waals surface area (Å²) in [6.45, 7) is 0. The summed E-state index contributed by atoms with van der Waals surface area (Å²) >= 11 is 5.90. The molecule has 0 bridgehead atoms. The Bertz CT molecular complexity index is 486. The molecular weight excluding hydrogens is 234 g/mol. The fourth-order valence-electron chi connectivity index (χ4n) is 3.38. The minimum atomic E-state index is 0.174. The SMILES string of the molecule is O=c1c(CCl)cc2c(n1C1CCCC1)CCC2. The molecule has 1 aromatic heterocycles. The van der Waals surface area contributed by atoms with Crippen molar-refractivity contribution in [2.45, 2.75) is 56.9 Å². The van der Waals surface area contributed by atoms with E-state index in [0.29, 0.717) is 11.9 Å². The van der Waals surface area contributed by atoms with E-state index in [4.69, 9.17) is 11.6 Å². The average Bonchev–Trinajstić information content (AvgIpc) is 2.97. The van der Waals surface area contributed by atoms with Gasteiger partial charge in [0.2, 0.25) is 0 Å². The summed E-state index contributed by atoms with van der Waals surface area (Å²) in [7, 11) is 0. The van der Waals surface area contributed by atoms with Gasteiger partial charge < -0.3 is 4.57 Å². The van der Waals surface area contributed by atoms with Crippen molar-refractivity contribution in [3.05, 3.63) is 33.2 Å². The molecule has 2 aliphatic rings. The van der Waals surface area contributed by atoms with E-state index >= 15 is 0 Å². The maximum atomic E-state index is 12.4. The summed E-state index contributed by atoms with van der Waals surface area (Å²) in [4.78, 5) is 12.4. The Morgan fingerprint density at radius 3 is 2.71 bits per heavy atom. The van der Waals surface area contributed by atoms with E-state index in [0.717, 1.165) is 31.2 Å². The van der Waals surface area contributed by atoms with Crippen molar-refractivity contribution in [3.63, 3.8) is 0 Å². The number of hydrogen-bond donors (Lipinski definition) is 0. The molecule has 1 heterocycles. The van der Waals surface area contributed by atoms with Crippen LogP contribution in [0.1, 0.15) is 55.0 Å². The number of rotatable bonds is 2. The molecule has 3 heteroatoms. The lowest BCUT2D eigenvalue weighted by Gasteiger charge is -2.19. The minimum absolute atomic E-state index is 0.174. The van der Waals surface area contributed by atoms with Crippen LogP contribution in [-0.4, -0.2) is 4.57 Å². The van der Waals surface area contributed by atoms with E-state index < -0.39 is 0 Å². The standard InChI is InChI=1S/C14H18ClNO/c15-9-11-8-10-4-3-7-13(10)16(14(11)17)12-5-1-2-6-12/h8,12H,1-7,9H2. The molecule has 0 atom stereocenters. The molecule has 0 saturated heterocycles. The van der Waals surface area contributed by atoms with Gasteiger partial charge in [0.1, 0.15) is 0 Å². The Balaban J connectivity index is 2.17. The third kappa shape index (κ3) is 1.83. The van der Waals surface area contributed by atoms with Gasteiger partial charge >= 0.3 is 0 Å². The van der Waals surface area contributed by atoms with Crippen LogP contribution in [0.5, 0.6) is 0 Å². The highest BCUT2D eigenvalue weighted by Crippen LogP contribution is 2.32. The van der Waals surface area contributed by atoms with Crippen LogP contribution in [0.2, 0.25) is 0 Å². The number of alkyl halides is 1. The molecule has 2 aliphatic carbocycles. The molecule has 0 unspecified atom stereocenters. The van der Waals surface area contributed by atoms with Crippen molar-refractivity contribution in [3.8, 4) is 0 Å². The Hall–Kier alpha value is -0.760.